The summed E-state index contributed by atoms with van der Waals surface area (Å²) >= 11 is 1.67. The van der Waals surface area contributed by atoms with E-state index in [9.17, 15) is 0 Å². The van der Waals surface area contributed by atoms with Crippen LogP contribution in [0.25, 0.3) is 11.4 Å². The Balaban J connectivity index is 1.53. The zero-order valence-corrected chi connectivity index (χ0v) is 13.9. The summed E-state index contributed by atoms with van der Waals surface area (Å²) in [5, 5.41) is 0.931. The molecular weight excluding hydrogens is 322 g/mol. The molecule has 0 atom stereocenters. The highest BCUT2D eigenvalue weighted by Gasteiger charge is 2.13. The number of aryl methyl sites for hydroxylation is 1. The number of thioether (sulfide) groups is 1. The van der Waals surface area contributed by atoms with Gasteiger partial charge in [-0.2, -0.15) is 0 Å². The van der Waals surface area contributed by atoms with Crippen LogP contribution in [-0.2, 0) is 5.75 Å². The Kier molecular flexibility index (Phi) is 4.04. The SMILES string of the molecule is Cc1nc(SCc2ccc3c(c2)OCO3)cc(-c2ccccn2)n1. The monoisotopic (exact) mass is 337 g/mol. The van der Waals surface area contributed by atoms with Crippen LogP contribution in [0.3, 0.4) is 0 Å². The van der Waals surface area contributed by atoms with Crippen LogP contribution >= 0.6 is 11.8 Å². The van der Waals surface area contributed by atoms with E-state index in [0.717, 1.165) is 39.5 Å². The van der Waals surface area contributed by atoms with Crippen LogP contribution in [0.4, 0.5) is 0 Å². The topological polar surface area (TPSA) is 57.1 Å². The molecule has 0 N–H and O–H groups in total. The molecule has 4 rings (SSSR count). The predicted molar refractivity (Wildman–Crippen MR) is 92.1 cm³/mol. The van der Waals surface area contributed by atoms with Gasteiger partial charge >= 0.3 is 0 Å². The van der Waals surface area contributed by atoms with Crippen LogP contribution in [0.15, 0.2) is 53.7 Å². The van der Waals surface area contributed by atoms with Crippen LogP contribution in [0.2, 0.25) is 0 Å². The number of fused-ring (bicyclic) bond motifs is 1. The van der Waals surface area contributed by atoms with E-state index in [2.05, 4.69) is 15.0 Å². The maximum Gasteiger partial charge on any atom is 0.231 e. The van der Waals surface area contributed by atoms with E-state index >= 15 is 0 Å². The van der Waals surface area contributed by atoms with Gasteiger partial charge in [0.2, 0.25) is 6.79 Å². The molecule has 6 heteroatoms. The Labute approximate surface area is 144 Å². The Hall–Kier alpha value is -2.60. The number of aromatic nitrogens is 3. The molecule has 0 aliphatic carbocycles. The van der Waals surface area contributed by atoms with Crippen molar-refractivity contribution < 1.29 is 9.47 Å². The number of nitrogens with zero attached hydrogens (tertiary/aromatic N) is 3. The molecule has 24 heavy (non-hydrogen) atoms. The zero-order valence-electron chi connectivity index (χ0n) is 13.1. The minimum Gasteiger partial charge on any atom is -0.454 e. The lowest BCUT2D eigenvalue weighted by molar-refractivity contribution is 0.174. The molecule has 2 aromatic heterocycles. The lowest BCUT2D eigenvalue weighted by Gasteiger charge is -2.06. The van der Waals surface area contributed by atoms with Crippen LogP contribution < -0.4 is 9.47 Å². The van der Waals surface area contributed by atoms with Gasteiger partial charge in [0.25, 0.3) is 0 Å². The van der Waals surface area contributed by atoms with E-state index in [1.54, 1.807) is 18.0 Å². The first-order chi connectivity index (χ1) is 11.8. The summed E-state index contributed by atoms with van der Waals surface area (Å²) in [5.74, 6) is 3.15. The predicted octanol–water partition coefficient (Wildman–Crippen LogP) is 3.87. The average Bonchev–Trinajstić information content (AvgIpc) is 3.08. The molecule has 3 heterocycles. The Morgan fingerprint density at radius 2 is 1.92 bits per heavy atom. The summed E-state index contributed by atoms with van der Waals surface area (Å²) in [6.45, 7) is 2.20. The quantitative estimate of drug-likeness (QED) is 0.532. The highest BCUT2D eigenvalue weighted by molar-refractivity contribution is 7.98. The van der Waals surface area contributed by atoms with Gasteiger partial charge in [-0.05, 0) is 42.8 Å². The van der Waals surface area contributed by atoms with Gasteiger partial charge in [-0.3, -0.25) is 4.98 Å². The third-order valence-electron chi connectivity index (χ3n) is 3.57. The van der Waals surface area contributed by atoms with E-state index in [1.807, 2.05) is 49.4 Å². The highest BCUT2D eigenvalue weighted by atomic mass is 32.2. The van der Waals surface area contributed by atoms with E-state index < -0.39 is 0 Å². The minimum atomic E-state index is 0.296. The highest BCUT2D eigenvalue weighted by Crippen LogP contribution is 2.34. The van der Waals surface area contributed by atoms with Gasteiger partial charge in [-0.25, -0.2) is 9.97 Å². The summed E-state index contributed by atoms with van der Waals surface area (Å²) in [7, 11) is 0. The lowest BCUT2D eigenvalue weighted by atomic mass is 10.2. The summed E-state index contributed by atoms with van der Waals surface area (Å²) < 4.78 is 10.8. The van der Waals surface area contributed by atoms with Crippen LogP contribution in [0, 0.1) is 6.92 Å². The molecule has 0 unspecified atom stereocenters. The molecule has 1 aromatic carbocycles. The van der Waals surface area contributed by atoms with Crippen molar-refractivity contribution in [2.75, 3.05) is 6.79 Å². The number of hydrogen-bond donors (Lipinski definition) is 0. The molecule has 120 valence electrons. The Morgan fingerprint density at radius 1 is 1.00 bits per heavy atom. The Bertz CT molecular complexity index is 871. The molecule has 5 nitrogen and oxygen atoms in total. The number of hydrogen-bond acceptors (Lipinski definition) is 6. The largest absolute Gasteiger partial charge is 0.454 e. The molecule has 0 saturated heterocycles. The molecule has 0 spiro atoms. The summed E-state index contributed by atoms with van der Waals surface area (Å²) in [6, 6.07) is 13.8. The molecule has 1 aliphatic heterocycles. The number of ether oxygens (including phenoxy) is 2. The third-order valence-corrected chi connectivity index (χ3v) is 4.55. The maximum absolute atomic E-state index is 5.42. The average molecular weight is 337 g/mol. The van der Waals surface area contributed by atoms with E-state index in [4.69, 9.17) is 9.47 Å². The molecule has 0 bridgehead atoms. The molecule has 3 aromatic rings. The lowest BCUT2D eigenvalue weighted by Crippen LogP contribution is -1.95. The van der Waals surface area contributed by atoms with Gasteiger partial charge < -0.3 is 9.47 Å². The first-order valence-corrected chi connectivity index (χ1v) is 8.55. The van der Waals surface area contributed by atoms with Crippen molar-refractivity contribution in [2.24, 2.45) is 0 Å². The van der Waals surface area contributed by atoms with Crippen molar-refractivity contribution in [3.63, 3.8) is 0 Å². The van der Waals surface area contributed by atoms with Crippen molar-refractivity contribution in [1.82, 2.24) is 15.0 Å². The van der Waals surface area contributed by atoms with Crippen LogP contribution in [0.5, 0.6) is 11.5 Å². The van der Waals surface area contributed by atoms with Crippen molar-refractivity contribution in [2.45, 2.75) is 17.7 Å². The molecule has 0 saturated carbocycles. The molecular formula is C18H15N3O2S. The van der Waals surface area contributed by atoms with Crippen molar-refractivity contribution in [3.05, 3.63) is 60.0 Å². The molecule has 0 fully saturated rings. The van der Waals surface area contributed by atoms with Crippen LogP contribution in [-0.4, -0.2) is 21.7 Å². The molecule has 0 amide bonds. The Morgan fingerprint density at radius 3 is 2.79 bits per heavy atom. The second-order valence-electron chi connectivity index (χ2n) is 5.33. The third kappa shape index (κ3) is 3.19. The fraction of sp³-hybridized carbons (Fsp3) is 0.167. The minimum absolute atomic E-state index is 0.296. The first kappa shape index (κ1) is 15.0. The summed E-state index contributed by atoms with van der Waals surface area (Å²) in [5.41, 5.74) is 2.86. The molecule has 0 radical (unpaired) electrons. The van der Waals surface area contributed by atoms with Gasteiger partial charge in [0.15, 0.2) is 11.5 Å². The van der Waals surface area contributed by atoms with Gasteiger partial charge in [-0.15, -0.1) is 11.8 Å². The second-order valence-corrected chi connectivity index (χ2v) is 6.33. The zero-order chi connectivity index (χ0) is 16.4. The fourth-order valence-electron chi connectivity index (χ4n) is 2.45. The van der Waals surface area contributed by atoms with Gasteiger partial charge in [0.1, 0.15) is 10.9 Å². The standard InChI is InChI=1S/C18H15N3O2S/c1-12-20-15(14-4-2-3-7-19-14)9-18(21-12)24-10-13-5-6-16-17(8-13)23-11-22-16/h2-9H,10-11H2,1H3. The fourth-order valence-corrected chi connectivity index (χ4v) is 3.33. The van der Waals surface area contributed by atoms with E-state index in [1.165, 1.54) is 5.56 Å². The van der Waals surface area contributed by atoms with E-state index in [-0.39, 0.29) is 0 Å². The smallest absolute Gasteiger partial charge is 0.231 e. The molecule has 1 aliphatic rings. The van der Waals surface area contributed by atoms with Crippen molar-refractivity contribution in [3.8, 4) is 22.9 Å². The normalized spacial score (nSPS) is 12.4. The van der Waals surface area contributed by atoms with Crippen molar-refractivity contribution in [1.29, 1.82) is 0 Å². The first-order valence-electron chi connectivity index (χ1n) is 7.56. The number of pyridine rings is 1. The van der Waals surface area contributed by atoms with Gasteiger partial charge in [0.05, 0.1) is 11.4 Å². The second kappa shape index (κ2) is 6.49. The van der Waals surface area contributed by atoms with Gasteiger partial charge in [-0.1, -0.05) is 12.1 Å². The summed E-state index contributed by atoms with van der Waals surface area (Å²) in [6.07, 6.45) is 1.77. The number of benzene rings is 1. The van der Waals surface area contributed by atoms with E-state index in [0.29, 0.717) is 6.79 Å². The van der Waals surface area contributed by atoms with Crippen LogP contribution in [0.1, 0.15) is 11.4 Å². The maximum atomic E-state index is 5.42. The van der Waals surface area contributed by atoms with Gasteiger partial charge in [0, 0.05) is 11.9 Å². The summed E-state index contributed by atoms with van der Waals surface area (Å²) in [4.78, 5) is 13.4. The van der Waals surface area contributed by atoms with Crippen molar-refractivity contribution >= 4 is 11.8 Å². The number of rotatable bonds is 4.